The fourth-order valence-electron chi connectivity index (χ4n) is 3.22. The molecule has 0 aliphatic heterocycles. The van der Waals surface area contributed by atoms with Gasteiger partial charge in [-0.1, -0.05) is 6.92 Å². The number of nitrogens with zero attached hydrogens (tertiary/aromatic N) is 3. The second-order valence-corrected chi connectivity index (χ2v) is 7.88. The zero-order valence-corrected chi connectivity index (χ0v) is 16.3. The van der Waals surface area contributed by atoms with Crippen LogP contribution in [0.25, 0.3) is 16.9 Å². The summed E-state index contributed by atoms with van der Waals surface area (Å²) in [6.45, 7) is 6.08. The average Bonchev–Trinajstić information content (AvgIpc) is 3.03. The minimum absolute atomic E-state index is 0.0220. The summed E-state index contributed by atoms with van der Waals surface area (Å²) in [5.41, 5.74) is 5.23. The summed E-state index contributed by atoms with van der Waals surface area (Å²) in [4.78, 5) is 3.89. The van der Waals surface area contributed by atoms with E-state index >= 15 is 0 Å². The predicted molar refractivity (Wildman–Crippen MR) is 101 cm³/mol. The van der Waals surface area contributed by atoms with Gasteiger partial charge in [0.05, 0.1) is 12.3 Å². The van der Waals surface area contributed by atoms with E-state index in [2.05, 4.69) is 10.1 Å². The smallest absolute Gasteiger partial charge is 0.435 e. The van der Waals surface area contributed by atoms with Gasteiger partial charge in [-0.15, -0.1) is 0 Å². The lowest BCUT2D eigenvalue weighted by atomic mass is 9.93. The van der Waals surface area contributed by atoms with Crippen molar-refractivity contribution in [1.29, 1.82) is 0 Å². The molecule has 2 N–H and O–H groups in total. The second kappa shape index (κ2) is 7.62. The normalized spacial score (nSPS) is 13.7. The SMILES string of the molecule is C[C@H](COc1ccc(-c2ccnc3cc(C(F)(F)F)nn23)cc1F)CC(C)(C)N. The minimum atomic E-state index is -4.59. The zero-order chi connectivity index (χ0) is 21.4. The van der Waals surface area contributed by atoms with E-state index in [9.17, 15) is 17.6 Å². The van der Waals surface area contributed by atoms with Crippen molar-refractivity contribution in [3.05, 3.63) is 48.0 Å². The summed E-state index contributed by atoms with van der Waals surface area (Å²) < 4.78 is 60.0. The van der Waals surface area contributed by atoms with E-state index in [1.807, 2.05) is 20.8 Å². The zero-order valence-electron chi connectivity index (χ0n) is 16.3. The maximum atomic E-state index is 14.5. The molecule has 29 heavy (non-hydrogen) atoms. The van der Waals surface area contributed by atoms with E-state index < -0.39 is 17.7 Å². The van der Waals surface area contributed by atoms with Crippen LogP contribution in [-0.2, 0) is 6.18 Å². The van der Waals surface area contributed by atoms with Crippen LogP contribution in [0.3, 0.4) is 0 Å². The molecule has 1 aromatic carbocycles. The van der Waals surface area contributed by atoms with Crippen LogP contribution in [0.2, 0.25) is 0 Å². The highest BCUT2D eigenvalue weighted by atomic mass is 19.4. The van der Waals surface area contributed by atoms with Gasteiger partial charge < -0.3 is 10.5 Å². The first-order valence-corrected chi connectivity index (χ1v) is 9.07. The van der Waals surface area contributed by atoms with Crippen LogP contribution in [-0.4, -0.2) is 26.7 Å². The Morgan fingerprint density at radius 1 is 1.17 bits per heavy atom. The van der Waals surface area contributed by atoms with Crippen LogP contribution in [0, 0.1) is 11.7 Å². The molecule has 0 bridgehead atoms. The number of aromatic nitrogens is 3. The number of alkyl halides is 3. The molecule has 0 aliphatic carbocycles. The molecule has 1 atom stereocenters. The van der Waals surface area contributed by atoms with Crippen LogP contribution < -0.4 is 10.5 Å². The quantitative estimate of drug-likeness (QED) is 0.599. The third-order valence-electron chi connectivity index (χ3n) is 4.27. The van der Waals surface area contributed by atoms with E-state index in [0.29, 0.717) is 18.6 Å². The Morgan fingerprint density at radius 3 is 2.52 bits per heavy atom. The first kappa shape index (κ1) is 21.0. The Labute approximate surface area is 165 Å². The Bertz CT molecular complexity index is 1010. The summed E-state index contributed by atoms with van der Waals surface area (Å²) in [6, 6.07) is 6.54. The van der Waals surface area contributed by atoms with Crippen molar-refractivity contribution in [2.24, 2.45) is 11.7 Å². The molecule has 2 heterocycles. The maximum Gasteiger partial charge on any atom is 0.435 e. The molecule has 3 aromatic rings. The largest absolute Gasteiger partial charge is 0.490 e. The van der Waals surface area contributed by atoms with Crippen molar-refractivity contribution in [2.75, 3.05) is 6.61 Å². The first-order chi connectivity index (χ1) is 13.4. The van der Waals surface area contributed by atoms with E-state index in [4.69, 9.17) is 10.5 Å². The minimum Gasteiger partial charge on any atom is -0.490 e. The fourth-order valence-corrected chi connectivity index (χ4v) is 3.22. The third-order valence-corrected chi connectivity index (χ3v) is 4.27. The second-order valence-electron chi connectivity index (χ2n) is 7.88. The summed E-state index contributed by atoms with van der Waals surface area (Å²) in [7, 11) is 0. The Morgan fingerprint density at radius 2 is 1.90 bits per heavy atom. The van der Waals surface area contributed by atoms with Gasteiger partial charge >= 0.3 is 6.18 Å². The summed E-state index contributed by atoms with van der Waals surface area (Å²) in [5.74, 6) is -0.425. The molecule has 0 amide bonds. The van der Waals surface area contributed by atoms with Crippen molar-refractivity contribution in [3.63, 3.8) is 0 Å². The van der Waals surface area contributed by atoms with Crippen molar-refractivity contribution < 1.29 is 22.3 Å². The molecule has 0 radical (unpaired) electrons. The van der Waals surface area contributed by atoms with Gasteiger partial charge in [-0.2, -0.15) is 18.3 Å². The van der Waals surface area contributed by atoms with Gasteiger partial charge in [0.25, 0.3) is 0 Å². The topological polar surface area (TPSA) is 65.4 Å². The van der Waals surface area contributed by atoms with Gasteiger partial charge in [0, 0.05) is 23.4 Å². The van der Waals surface area contributed by atoms with Crippen molar-refractivity contribution >= 4 is 5.65 Å². The molecular weight excluding hydrogens is 388 g/mol. The molecule has 0 aliphatic rings. The molecule has 5 nitrogen and oxygen atoms in total. The molecule has 0 unspecified atom stereocenters. The van der Waals surface area contributed by atoms with E-state index in [1.54, 1.807) is 6.07 Å². The Hall–Kier alpha value is -2.68. The highest BCUT2D eigenvalue weighted by Crippen LogP contribution is 2.31. The van der Waals surface area contributed by atoms with Crippen molar-refractivity contribution in [3.8, 4) is 17.0 Å². The summed E-state index contributed by atoms with van der Waals surface area (Å²) >= 11 is 0. The van der Waals surface area contributed by atoms with E-state index in [0.717, 1.165) is 10.6 Å². The molecule has 156 valence electrons. The van der Waals surface area contributed by atoms with Gasteiger partial charge in [-0.25, -0.2) is 13.9 Å². The Balaban J connectivity index is 1.84. The first-order valence-electron chi connectivity index (χ1n) is 9.07. The van der Waals surface area contributed by atoms with Crippen LogP contribution in [0.5, 0.6) is 5.75 Å². The molecule has 0 saturated carbocycles. The molecule has 2 aromatic heterocycles. The van der Waals surface area contributed by atoms with Gasteiger partial charge in [0.2, 0.25) is 0 Å². The summed E-state index contributed by atoms with van der Waals surface area (Å²) in [5, 5.41) is 3.57. The monoisotopic (exact) mass is 410 g/mol. The molecular formula is C20H22F4N4O. The van der Waals surface area contributed by atoms with Gasteiger partial charge in [-0.3, -0.25) is 0 Å². The number of ether oxygens (including phenoxy) is 1. The number of fused-ring (bicyclic) bond motifs is 1. The van der Waals surface area contributed by atoms with Gasteiger partial charge in [-0.05, 0) is 50.5 Å². The Kier molecular flexibility index (Phi) is 5.53. The van der Waals surface area contributed by atoms with Crippen molar-refractivity contribution in [1.82, 2.24) is 14.6 Å². The average molecular weight is 410 g/mol. The lowest BCUT2D eigenvalue weighted by Gasteiger charge is -2.23. The number of hydrogen-bond acceptors (Lipinski definition) is 4. The summed E-state index contributed by atoms with van der Waals surface area (Å²) in [6.07, 6.45) is -2.53. The highest BCUT2D eigenvalue weighted by molar-refractivity contribution is 5.63. The van der Waals surface area contributed by atoms with Crippen molar-refractivity contribution in [2.45, 2.75) is 38.9 Å². The predicted octanol–water partition coefficient (Wildman–Crippen LogP) is 4.70. The number of nitrogens with two attached hydrogens (primary N) is 1. The van der Waals surface area contributed by atoms with E-state index in [1.165, 1.54) is 24.4 Å². The number of halogens is 4. The molecule has 9 heteroatoms. The van der Waals surface area contributed by atoms with Gasteiger partial charge in [0.15, 0.2) is 22.9 Å². The van der Waals surface area contributed by atoms with Crippen LogP contribution in [0.15, 0.2) is 36.5 Å². The third kappa shape index (κ3) is 5.03. The molecule has 0 fully saturated rings. The van der Waals surface area contributed by atoms with Gasteiger partial charge in [0.1, 0.15) is 0 Å². The van der Waals surface area contributed by atoms with Crippen LogP contribution >= 0.6 is 0 Å². The number of hydrogen-bond donors (Lipinski definition) is 1. The van der Waals surface area contributed by atoms with E-state index in [-0.39, 0.29) is 28.5 Å². The highest BCUT2D eigenvalue weighted by Gasteiger charge is 2.34. The standard InChI is InChI=1S/C20H22F4N4O/c1-12(10-19(2,3)25)11-29-16-5-4-13(8-14(16)21)15-6-7-26-18-9-17(20(22,23)24)27-28(15)18/h4-9,12H,10-11,25H2,1-3H3/t12-/m0/s1. The molecule has 0 saturated heterocycles. The lowest BCUT2D eigenvalue weighted by molar-refractivity contribution is -0.141. The van der Waals surface area contributed by atoms with Crippen LogP contribution in [0.1, 0.15) is 32.9 Å². The lowest BCUT2D eigenvalue weighted by Crippen LogP contribution is -2.35. The number of benzene rings is 1. The molecule has 0 spiro atoms. The number of rotatable bonds is 6. The van der Waals surface area contributed by atoms with Crippen LogP contribution in [0.4, 0.5) is 17.6 Å². The molecule has 3 rings (SSSR count). The fraction of sp³-hybridized carbons (Fsp3) is 0.400. The maximum absolute atomic E-state index is 14.5.